The van der Waals surface area contributed by atoms with Crippen LogP contribution in [0.4, 0.5) is 0 Å². The number of benzene rings is 1. The van der Waals surface area contributed by atoms with Crippen LogP contribution in [-0.2, 0) is 11.3 Å². The predicted molar refractivity (Wildman–Crippen MR) is 103 cm³/mol. The van der Waals surface area contributed by atoms with Crippen molar-refractivity contribution in [2.75, 3.05) is 13.7 Å². The highest BCUT2D eigenvalue weighted by Crippen LogP contribution is 2.27. The lowest BCUT2D eigenvalue weighted by Gasteiger charge is -2.17. The first-order valence-corrected chi connectivity index (χ1v) is 9.34. The third-order valence-electron chi connectivity index (χ3n) is 4.16. The average Bonchev–Trinajstić information content (AvgIpc) is 3.11. The largest absolute Gasteiger partial charge is 0.484 e. The Bertz CT molecular complexity index is 960. The van der Waals surface area contributed by atoms with Gasteiger partial charge in [-0.05, 0) is 46.0 Å². The van der Waals surface area contributed by atoms with Gasteiger partial charge in [-0.2, -0.15) is 11.3 Å². The molecule has 3 rings (SSSR count). The molecule has 0 saturated carbocycles. The molecule has 2 aromatic heterocycles. The Morgan fingerprint density at radius 2 is 2.08 bits per heavy atom. The molecule has 2 heterocycles. The highest BCUT2D eigenvalue weighted by atomic mass is 32.1. The van der Waals surface area contributed by atoms with Gasteiger partial charge >= 0.3 is 5.63 Å². The number of fused-ring (bicyclic) bond motifs is 1. The lowest BCUT2D eigenvalue weighted by Crippen LogP contribution is -2.30. The minimum absolute atomic E-state index is 0.0692. The van der Waals surface area contributed by atoms with Crippen LogP contribution in [-0.4, -0.2) is 24.5 Å². The summed E-state index contributed by atoms with van der Waals surface area (Å²) in [6, 6.07) is 8.83. The third kappa shape index (κ3) is 4.14. The van der Waals surface area contributed by atoms with Gasteiger partial charge in [-0.25, -0.2) is 4.79 Å². The Labute approximate surface area is 155 Å². The summed E-state index contributed by atoms with van der Waals surface area (Å²) < 4.78 is 10.9. The van der Waals surface area contributed by atoms with Crippen molar-refractivity contribution in [3.05, 3.63) is 62.6 Å². The highest BCUT2D eigenvalue weighted by molar-refractivity contribution is 7.07. The number of nitrogens with zero attached hydrogens (tertiary/aromatic N) is 1. The van der Waals surface area contributed by atoms with Gasteiger partial charge in [0.25, 0.3) is 5.91 Å². The quantitative estimate of drug-likeness (QED) is 0.614. The molecule has 0 aliphatic carbocycles. The minimum Gasteiger partial charge on any atom is -0.484 e. The first-order valence-electron chi connectivity index (χ1n) is 8.39. The highest BCUT2D eigenvalue weighted by Gasteiger charge is 2.13. The van der Waals surface area contributed by atoms with Gasteiger partial charge in [0.15, 0.2) is 6.61 Å². The van der Waals surface area contributed by atoms with Gasteiger partial charge in [0.2, 0.25) is 0 Å². The maximum Gasteiger partial charge on any atom is 0.336 e. The predicted octanol–water partition coefficient (Wildman–Crippen LogP) is 4.02. The van der Waals surface area contributed by atoms with Crippen LogP contribution >= 0.6 is 11.3 Å². The second-order valence-electron chi connectivity index (χ2n) is 6.50. The third-order valence-corrected chi connectivity index (χ3v) is 4.89. The van der Waals surface area contributed by atoms with E-state index < -0.39 is 0 Å². The van der Waals surface area contributed by atoms with Crippen molar-refractivity contribution in [1.29, 1.82) is 0 Å². The van der Waals surface area contributed by atoms with Crippen molar-refractivity contribution in [2.24, 2.45) is 0 Å². The number of carbonyl (C=O) groups excluding carboxylic acids is 1. The summed E-state index contributed by atoms with van der Waals surface area (Å²) in [4.78, 5) is 25.6. The van der Waals surface area contributed by atoms with E-state index in [0.29, 0.717) is 17.9 Å². The van der Waals surface area contributed by atoms with E-state index in [-0.39, 0.29) is 24.1 Å². The number of hydrogen-bond acceptors (Lipinski definition) is 5. The van der Waals surface area contributed by atoms with E-state index >= 15 is 0 Å². The molecule has 0 unspecified atom stereocenters. The number of ether oxygens (including phenoxy) is 1. The number of hydrogen-bond donors (Lipinski definition) is 0. The molecular weight excluding hydrogens is 350 g/mol. The molecule has 0 fully saturated rings. The normalized spacial score (nSPS) is 11.1. The van der Waals surface area contributed by atoms with E-state index in [0.717, 1.165) is 16.5 Å². The zero-order chi connectivity index (χ0) is 18.7. The molecule has 5 nitrogen and oxygen atoms in total. The fraction of sp³-hybridized carbons (Fsp3) is 0.300. The second kappa shape index (κ2) is 7.74. The molecule has 0 aliphatic heterocycles. The summed E-state index contributed by atoms with van der Waals surface area (Å²) in [6.07, 6.45) is 0. The lowest BCUT2D eigenvalue weighted by atomic mass is 10.00. The first-order chi connectivity index (χ1) is 12.4. The summed E-state index contributed by atoms with van der Waals surface area (Å²) in [5.41, 5.74) is 2.12. The average molecular weight is 371 g/mol. The number of rotatable bonds is 6. The standard InChI is InChI=1S/C20H21NO4S/c1-13(2)17-9-20(23)25-18-8-15(4-5-16(17)18)24-11-19(22)21(3)10-14-6-7-26-12-14/h4-9,12-13H,10-11H2,1-3H3. The van der Waals surface area contributed by atoms with Crippen LogP contribution in [0.1, 0.15) is 30.9 Å². The van der Waals surface area contributed by atoms with Crippen molar-refractivity contribution in [3.63, 3.8) is 0 Å². The van der Waals surface area contributed by atoms with E-state index in [4.69, 9.17) is 9.15 Å². The van der Waals surface area contributed by atoms with Crippen LogP contribution in [0.25, 0.3) is 11.0 Å². The van der Waals surface area contributed by atoms with Crippen molar-refractivity contribution < 1.29 is 13.9 Å². The Morgan fingerprint density at radius 1 is 1.27 bits per heavy atom. The molecule has 0 N–H and O–H groups in total. The summed E-state index contributed by atoms with van der Waals surface area (Å²) in [7, 11) is 1.75. The van der Waals surface area contributed by atoms with E-state index in [9.17, 15) is 9.59 Å². The molecule has 0 aliphatic rings. The fourth-order valence-corrected chi connectivity index (χ4v) is 3.40. The Balaban J connectivity index is 1.71. The molecule has 1 aromatic carbocycles. The molecule has 0 saturated heterocycles. The number of thiophene rings is 1. The van der Waals surface area contributed by atoms with Gasteiger partial charge in [0.1, 0.15) is 11.3 Å². The molecule has 3 aromatic rings. The number of likely N-dealkylation sites (N-methyl/N-ethyl adjacent to an activating group) is 1. The van der Waals surface area contributed by atoms with Crippen molar-refractivity contribution in [2.45, 2.75) is 26.3 Å². The van der Waals surface area contributed by atoms with Gasteiger partial charge in [-0.1, -0.05) is 13.8 Å². The molecule has 1 amide bonds. The van der Waals surface area contributed by atoms with Crippen LogP contribution in [0.3, 0.4) is 0 Å². The number of carbonyl (C=O) groups is 1. The molecule has 136 valence electrons. The summed E-state index contributed by atoms with van der Waals surface area (Å²) in [5, 5.41) is 4.88. The minimum atomic E-state index is -0.384. The van der Waals surface area contributed by atoms with E-state index in [1.54, 1.807) is 35.4 Å². The topological polar surface area (TPSA) is 59.8 Å². The van der Waals surface area contributed by atoms with Crippen LogP contribution in [0, 0.1) is 0 Å². The van der Waals surface area contributed by atoms with Gasteiger partial charge in [0.05, 0.1) is 0 Å². The zero-order valence-electron chi connectivity index (χ0n) is 15.0. The SMILES string of the molecule is CC(C)c1cc(=O)oc2cc(OCC(=O)N(C)Cc3ccsc3)ccc12. The molecule has 6 heteroatoms. The van der Waals surface area contributed by atoms with Crippen molar-refractivity contribution in [3.8, 4) is 5.75 Å². The Morgan fingerprint density at radius 3 is 2.77 bits per heavy atom. The molecule has 0 atom stereocenters. The maximum absolute atomic E-state index is 12.2. The Kier molecular flexibility index (Phi) is 5.42. The van der Waals surface area contributed by atoms with Gasteiger partial charge in [-0.3, -0.25) is 4.79 Å². The maximum atomic E-state index is 12.2. The lowest BCUT2D eigenvalue weighted by molar-refractivity contribution is -0.132. The summed E-state index contributed by atoms with van der Waals surface area (Å²) in [5.74, 6) is 0.591. The van der Waals surface area contributed by atoms with E-state index in [1.807, 2.05) is 36.7 Å². The molecule has 0 bridgehead atoms. The van der Waals surface area contributed by atoms with Crippen molar-refractivity contribution >= 4 is 28.2 Å². The zero-order valence-corrected chi connectivity index (χ0v) is 15.8. The van der Waals surface area contributed by atoms with Crippen LogP contribution < -0.4 is 10.4 Å². The van der Waals surface area contributed by atoms with Gasteiger partial charge in [-0.15, -0.1) is 0 Å². The monoisotopic (exact) mass is 371 g/mol. The van der Waals surface area contributed by atoms with E-state index in [2.05, 4.69) is 0 Å². The number of amides is 1. The van der Waals surface area contributed by atoms with Crippen molar-refractivity contribution in [1.82, 2.24) is 4.90 Å². The first kappa shape index (κ1) is 18.2. The van der Waals surface area contributed by atoms with Crippen LogP contribution in [0.15, 0.2) is 50.3 Å². The molecule has 0 radical (unpaired) electrons. The van der Waals surface area contributed by atoms with E-state index in [1.165, 1.54) is 6.07 Å². The van der Waals surface area contributed by atoms with Gasteiger partial charge in [0, 0.05) is 31.1 Å². The molecule has 0 spiro atoms. The summed E-state index contributed by atoms with van der Waals surface area (Å²) >= 11 is 1.60. The molecular formula is C20H21NO4S. The summed E-state index contributed by atoms with van der Waals surface area (Å²) in [6.45, 7) is 4.54. The van der Waals surface area contributed by atoms with Crippen LogP contribution in [0.2, 0.25) is 0 Å². The fourth-order valence-electron chi connectivity index (χ4n) is 2.74. The van der Waals surface area contributed by atoms with Crippen LogP contribution in [0.5, 0.6) is 5.75 Å². The Hall–Kier alpha value is -2.60. The smallest absolute Gasteiger partial charge is 0.336 e. The second-order valence-corrected chi connectivity index (χ2v) is 7.28. The van der Waals surface area contributed by atoms with Gasteiger partial charge < -0.3 is 14.1 Å². The molecule has 26 heavy (non-hydrogen) atoms.